The second-order valence-electron chi connectivity index (χ2n) is 14.5. The molecule has 0 aliphatic rings. The number of nitriles is 1. The molecule has 0 aliphatic heterocycles. The first-order chi connectivity index (χ1) is 28.2. The van der Waals surface area contributed by atoms with E-state index in [0.29, 0.717) is 11.3 Å². The Kier molecular flexibility index (Phi) is 7.67. The van der Waals surface area contributed by atoms with Crippen molar-refractivity contribution in [2.24, 2.45) is 0 Å². The predicted octanol–water partition coefficient (Wildman–Crippen LogP) is 14.8. The molecule has 0 aliphatic carbocycles. The SMILES string of the molecule is [C-]#[N+]c1ccccc1-c1c2ccccc2c(-c2cccc3c2[se]c2cc(-c4c5ccccc5c(-c5ccccc5C#N)c5ccccc45)ccc23)c2ccccc12. The number of para-hydroxylation sites is 1. The zero-order valence-electron chi connectivity index (χ0n) is 30.6. The molecule has 1 aromatic heterocycles. The van der Waals surface area contributed by atoms with Gasteiger partial charge in [0.2, 0.25) is 0 Å². The molecule has 57 heavy (non-hydrogen) atoms. The topological polar surface area (TPSA) is 28.1 Å². The summed E-state index contributed by atoms with van der Waals surface area (Å²) < 4.78 is 2.78. The molecule has 0 fully saturated rings. The molecule has 0 amide bonds. The van der Waals surface area contributed by atoms with Crippen LogP contribution in [0.1, 0.15) is 5.56 Å². The van der Waals surface area contributed by atoms with Gasteiger partial charge in [-0.1, -0.05) is 0 Å². The van der Waals surface area contributed by atoms with E-state index in [4.69, 9.17) is 6.57 Å². The summed E-state index contributed by atoms with van der Waals surface area (Å²) in [5.41, 5.74) is 10.4. The van der Waals surface area contributed by atoms with E-state index in [0.717, 1.165) is 43.8 Å². The predicted molar refractivity (Wildman–Crippen MR) is 241 cm³/mol. The van der Waals surface area contributed by atoms with Crippen LogP contribution in [0.25, 0.3) is 112 Å². The van der Waals surface area contributed by atoms with Crippen molar-refractivity contribution < 1.29 is 0 Å². The quantitative estimate of drug-likeness (QED) is 0.0992. The van der Waals surface area contributed by atoms with E-state index in [9.17, 15) is 5.26 Å². The molecule has 0 bridgehead atoms. The number of nitrogens with zero attached hydrogens (tertiary/aromatic N) is 2. The molecule has 0 spiro atoms. The summed E-state index contributed by atoms with van der Waals surface area (Å²) >= 11 is 0.0477. The molecule has 0 saturated heterocycles. The zero-order valence-corrected chi connectivity index (χ0v) is 32.3. The molecule has 11 rings (SSSR count). The second-order valence-corrected chi connectivity index (χ2v) is 16.7. The van der Waals surface area contributed by atoms with E-state index in [2.05, 4.69) is 157 Å². The van der Waals surface area contributed by atoms with Crippen LogP contribution >= 0.6 is 0 Å². The summed E-state index contributed by atoms with van der Waals surface area (Å²) in [4.78, 5) is 3.94. The zero-order chi connectivity index (χ0) is 38.0. The molecule has 0 radical (unpaired) electrons. The Labute approximate surface area is 335 Å². The van der Waals surface area contributed by atoms with Gasteiger partial charge in [-0.15, -0.1) is 0 Å². The van der Waals surface area contributed by atoms with Gasteiger partial charge in [0.25, 0.3) is 0 Å². The van der Waals surface area contributed by atoms with Crippen LogP contribution in [0.3, 0.4) is 0 Å². The van der Waals surface area contributed by atoms with Crippen molar-refractivity contribution >= 4 is 82.6 Å². The monoisotopic (exact) mass is 786 g/mol. The third kappa shape index (κ3) is 5.01. The van der Waals surface area contributed by atoms with Crippen molar-refractivity contribution in [1.82, 2.24) is 0 Å². The van der Waals surface area contributed by atoms with E-state index in [1.165, 1.54) is 63.1 Å². The van der Waals surface area contributed by atoms with Gasteiger partial charge in [-0.05, 0) is 0 Å². The van der Waals surface area contributed by atoms with E-state index in [1.54, 1.807) is 0 Å². The van der Waals surface area contributed by atoms with Crippen LogP contribution in [0, 0.1) is 17.9 Å². The Bertz CT molecular complexity index is 3440. The maximum atomic E-state index is 10.1. The number of hydrogen-bond acceptors (Lipinski definition) is 1. The van der Waals surface area contributed by atoms with Gasteiger partial charge in [0.1, 0.15) is 0 Å². The summed E-state index contributed by atoms with van der Waals surface area (Å²) in [5, 5.41) is 22.1. The Hall–Kier alpha value is -7.26. The van der Waals surface area contributed by atoms with E-state index in [-0.39, 0.29) is 14.5 Å². The summed E-state index contributed by atoms with van der Waals surface area (Å²) in [7, 11) is 0. The van der Waals surface area contributed by atoms with Crippen molar-refractivity contribution in [3.8, 4) is 50.6 Å². The Morgan fingerprint density at radius 2 is 0.842 bits per heavy atom. The van der Waals surface area contributed by atoms with E-state index < -0.39 is 0 Å². The molecule has 11 aromatic rings. The van der Waals surface area contributed by atoms with Gasteiger partial charge in [-0.2, -0.15) is 0 Å². The molecule has 262 valence electrons. The standard InChI is InChI=1S/C54H30N2Se/c1-56-48-28-13-12-25-46(48)52-41-21-8-10-23-43(41)53(44-24-11-9-22-42(44)52)47-27-14-26-45-36-30-29-33(31-49(36)57-54(45)47)50-37-17-4-6-19-39(37)51(40-20-7-5-18-38(40)50)35-16-3-2-15-34(35)32-55/h2-31H. The van der Waals surface area contributed by atoms with Gasteiger partial charge < -0.3 is 0 Å². The number of rotatable bonds is 4. The van der Waals surface area contributed by atoms with Crippen LogP contribution in [0.2, 0.25) is 0 Å². The normalized spacial score (nSPS) is 11.5. The molecular formula is C54H30N2Se. The van der Waals surface area contributed by atoms with Crippen LogP contribution in [0.15, 0.2) is 182 Å². The minimum atomic E-state index is 0.0477. The Morgan fingerprint density at radius 1 is 0.404 bits per heavy atom. The summed E-state index contributed by atoms with van der Waals surface area (Å²) in [6.07, 6.45) is 0. The van der Waals surface area contributed by atoms with Gasteiger partial charge in [-0.25, -0.2) is 0 Å². The van der Waals surface area contributed by atoms with Gasteiger partial charge in [-0.3, -0.25) is 0 Å². The third-order valence-corrected chi connectivity index (χ3v) is 14.1. The fourth-order valence-electron chi connectivity index (χ4n) is 9.17. The summed E-state index contributed by atoms with van der Waals surface area (Å²) in [6, 6.07) is 67.1. The number of fused-ring (bicyclic) bond motifs is 7. The average molecular weight is 786 g/mol. The fourth-order valence-corrected chi connectivity index (χ4v) is 11.8. The first kappa shape index (κ1) is 33.1. The molecular weight excluding hydrogens is 756 g/mol. The van der Waals surface area contributed by atoms with Crippen LogP contribution in [-0.2, 0) is 0 Å². The Morgan fingerprint density at radius 3 is 1.40 bits per heavy atom. The van der Waals surface area contributed by atoms with Crippen molar-refractivity contribution in [3.05, 3.63) is 199 Å². The number of benzene rings is 10. The minimum absolute atomic E-state index is 0.0477. The molecule has 3 heteroatoms. The van der Waals surface area contributed by atoms with Gasteiger partial charge >= 0.3 is 337 Å². The number of hydrogen-bond donors (Lipinski definition) is 0. The third-order valence-electron chi connectivity index (χ3n) is 11.5. The second kappa shape index (κ2) is 13.2. The summed E-state index contributed by atoms with van der Waals surface area (Å²) in [5.74, 6) is 0. The van der Waals surface area contributed by atoms with Crippen molar-refractivity contribution in [2.45, 2.75) is 0 Å². The van der Waals surface area contributed by atoms with Crippen LogP contribution in [-0.4, -0.2) is 14.5 Å². The Balaban J connectivity index is 1.17. The molecule has 0 N–H and O–H groups in total. The maximum absolute atomic E-state index is 10.1. The van der Waals surface area contributed by atoms with Gasteiger partial charge in [0, 0.05) is 0 Å². The van der Waals surface area contributed by atoms with Gasteiger partial charge in [0.05, 0.1) is 0 Å². The van der Waals surface area contributed by atoms with Crippen LogP contribution < -0.4 is 0 Å². The van der Waals surface area contributed by atoms with Gasteiger partial charge in [0.15, 0.2) is 0 Å². The molecule has 1 heterocycles. The summed E-state index contributed by atoms with van der Waals surface area (Å²) in [6.45, 7) is 8.00. The molecule has 2 nitrogen and oxygen atoms in total. The molecule has 10 aromatic carbocycles. The van der Waals surface area contributed by atoms with Crippen molar-refractivity contribution in [2.75, 3.05) is 0 Å². The van der Waals surface area contributed by atoms with E-state index >= 15 is 0 Å². The first-order valence-electron chi connectivity index (χ1n) is 19.0. The molecule has 0 unspecified atom stereocenters. The van der Waals surface area contributed by atoms with Crippen molar-refractivity contribution in [1.29, 1.82) is 5.26 Å². The van der Waals surface area contributed by atoms with Crippen molar-refractivity contribution in [3.63, 3.8) is 0 Å². The van der Waals surface area contributed by atoms with Crippen LogP contribution in [0.5, 0.6) is 0 Å². The van der Waals surface area contributed by atoms with Crippen LogP contribution in [0.4, 0.5) is 5.69 Å². The fraction of sp³-hybridized carbons (Fsp3) is 0. The van der Waals surface area contributed by atoms with E-state index in [1.807, 2.05) is 36.4 Å². The first-order valence-corrected chi connectivity index (χ1v) is 20.7. The average Bonchev–Trinajstić information content (AvgIpc) is 3.65. The molecule has 0 saturated carbocycles. The molecule has 0 atom stereocenters.